The minimum atomic E-state index is -0.0620. The lowest BCUT2D eigenvalue weighted by Crippen LogP contribution is -2.23. The Morgan fingerprint density at radius 2 is 2.31 bits per heavy atom. The highest BCUT2D eigenvalue weighted by Gasteiger charge is 2.12. The smallest absolute Gasteiger partial charge is 0.280 e. The van der Waals surface area contributed by atoms with Crippen molar-refractivity contribution in [3.8, 4) is 0 Å². The van der Waals surface area contributed by atoms with Gasteiger partial charge in [-0.05, 0) is 6.42 Å². The second-order valence-electron chi connectivity index (χ2n) is 3.66. The van der Waals surface area contributed by atoms with E-state index in [9.17, 15) is 4.79 Å². The second-order valence-corrected chi connectivity index (χ2v) is 3.66. The zero-order chi connectivity index (χ0) is 11.1. The summed E-state index contributed by atoms with van der Waals surface area (Å²) < 4.78 is 3.49. The van der Waals surface area contributed by atoms with Gasteiger partial charge in [0.05, 0.1) is 6.33 Å². The molecule has 16 heavy (non-hydrogen) atoms. The number of rotatable bonds is 2. The van der Waals surface area contributed by atoms with Gasteiger partial charge >= 0.3 is 0 Å². The quantitative estimate of drug-likeness (QED) is 0.689. The maximum absolute atomic E-state index is 12.1. The van der Waals surface area contributed by atoms with Crippen LogP contribution in [0.3, 0.4) is 0 Å². The van der Waals surface area contributed by atoms with E-state index in [1.807, 2.05) is 17.5 Å². The summed E-state index contributed by atoms with van der Waals surface area (Å²) in [6, 6.07) is 0. The Morgan fingerprint density at radius 3 is 3.12 bits per heavy atom. The van der Waals surface area contributed by atoms with Gasteiger partial charge in [0.15, 0.2) is 5.65 Å². The molecule has 3 aromatic heterocycles. The van der Waals surface area contributed by atoms with Gasteiger partial charge in [0.1, 0.15) is 5.52 Å². The molecule has 0 amide bonds. The van der Waals surface area contributed by atoms with Gasteiger partial charge in [0.2, 0.25) is 5.78 Å². The summed E-state index contributed by atoms with van der Waals surface area (Å²) in [6.45, 7) is 2.69. The Morgan fingerprint density at radius 1 is 1.44 bits per heavy atom. The first-order valence-electron chi connectivity index (χ1n) is 5.22. The van der Waals surface area contributed by atoms with Crippen molar-refractivity contribution in [1.82, 2.24) is 23.9 Å². The molecule has 82 valence electrons. The van der Waals surface area contributed by atoms with Crippen LogP contribution in [0.1, 0.15) is 13.3 Å². The Kier molecular flexibility index (Phi) is 1.82. The summed E-state index contributed by atoms with van der Waals surface area (Å²) in [6.07, 6.45) is 5.91. The van der Waals surface area contributed by atoms with Crippen LogP contribution in [0.4, 0.5) is 0 Å². The summed E-state index contributed by atoms with van der Waals surface area (Å²) in [4.78, 5) is 23.3. The van der Waals surface area contributed by atoms with Crippen molar-refractivity contribution in [3.63, 3.8) is 0 Å². The molecule has 0 unspecified atom stereocenters. The van der Waals surface area contributed by atoms with Crippen LogP contribution >= 0.6 is 0 Å². The molecule has 0 spiro atoms. The van der Waals surface area contributed by atoms with Gasteiger partial charge in [0, 0.05) is 18.9 Å². The van der Waals surface area contributed by atoms with Crippen molar-refractivity contribution in [2.24, 2.45) is 0 Å². The molecule has 6 heteroatoms. The third-order valence-electron chi connectivity index (χ3n) is 2.62. The highest BCUT2D eigenvalue weighted by molar-refractivity contribution is 5.72. The van der Waals surface area contributed by atoms with Gasteiger partial charge in [-0.2, -0.15) is 0 Å². The molecule has 3 heterocycles. The molecule has 0 aliphatic carbocycles. The number of aromatic nitrogens is 5. The Bertz CT molecular complexity index is 705. The number of fused-ring (bicyclic) bond motifs is 3. The van der Waals surface area contributed by atoms with Crippen LogP contribution in [0.2, 0.25) is 0 Å². The Hall–Kier alpha value is -2.11. The van der Waals surface area contributed by atoms with E-state index in [4.69, 9.17) is 0 Å². The predicted octanol–water partition coefficient (Wildman–Crippen LogP) is 0.782. The molecule has 3 rings (SSSR count). The lowest BCUT2D eigenvalue weighted by atomic mass is 10.4. The summed E-state index contributed by atoms with van der Waals surface area (Å²) in [7, 11) is 0. The van der Waals surface area contributed by atoms with Gasteiger partial charge in [-0.3, -0.25) is 13.8 Å². The number of H-pyrrole nitrogens is 1. The minimum absolute atomic E-state index is 0.0620. The van der Waals surface area contributed by atoms with E-state index in [1.165, 1.54) is 6.33 Å². The molecule has 0 radical (unpaired) electrons. The third-order valence-corrected chi connectivity index (χ3v) is 2.62. The maximum atomic E-state index is 12.1. The van der Waals surface area contributed by atoms with Crippen LogP contribution in [0, 0.1) is 0 Å². The van der Waals surface area contributed by atoms with Crippen molar-refractivity contribution in [1.29, 1.82) is 0 Å². The number of aryl methyl sites for hydroxylation is 1. The van der Waals surface area contributed by atoms with Crippen molar-refractivity contribution in [2.45, 2.75) is 19.9 Å². The number of imidazole rings is 2. The minimum Gasteiger partial charge on any atom is -0.339 e. The Labute approximate surface area is 90.6 Å². The molecule has 0 atom stereocenters. The molecular weight excluding hydrogens is 206 g/mol. The zero-order valence-electron chi connectivity index (χ0n) is 8.84. The molecule has 0 aliphatic heterocycles. The predicted molar refractivity (Wildman–Crippen MR) is 59.4 cm³/mol. The summed E-state index contributed by atoms with van der Waals surface area (Å²) in [5.74, 6) is 0.645. The molecular formula is C10H11N5O. The van der Waals surface area contributed by atoms with Crippen molar-refractivity contribution in [2.75, 3.05) is 0 Å². The molecule has 0 saturated carbocycles. The fraction of sp³-hybridized carbons (Fsp3) is 0.300. The van der Waals surface area contributed by atoms with Crippen LogP contribution in [-0.2, 0) is 6.54 Å². The van der Waals surface area contributed by atoms with Crippen LogP contribution in [0.15, 0.2) is 23.5 Å². The fourth-order valence-corrected chi connectivity index (χ4v) is 1.94. The van der Waals surface area contributed by atoms with Crippen LogP contribution in [0.5, 0.6) is 0 Å². The van der Waals surface area contributed by atoms with E-state index in [-0.39, 0.29) is 5.56 Å². The van der Waals surface area contributed by atoms with E-state index in [0.29, 0.717) is 23.5 Å². The lowest BCUT2D eigenvalue weighted by molar-refractivity contribution is 0.663. The summed E-state index contributed by atoms with van der Waals surface area (Å²) in [5, 5.41) is 0. The van der Waals surface area contributed by atoms with Crippen molar-refractivity contribution < 1.29 is 0 Å². The van der Waals surface area contributed by atoms with E-state index in [1.54, 1.807) is 10.8 Å². The van der Waals surface area contributed by atoms with Crippen molar-refractivity contribution >= 4 is 16.9 Å². The van der Waals surface area contributed by atoms with E-state index in [2.05, 4.69) is 15.0 Å². The number of nitrogens with zero attached hydrogens (tertiary/aromatic N) is 4. The molecule has 6 nitrogen and oxygen atoms in total. The lowest BCUT2D eigenvalue weighted by Gasteiger charge is -2.06. The van der Waals surface area contributed by atoms with Gasteiger partial charge in [-0.1, -0.05) is 6.92 Å². The van der Waals surface area contributed by atoms with Gasteiger partial charge in [-0.25, -0.2) is 9.97 Å². The molecule has 0 bridgehead atoms. The molecule has 0 aromatic carbocycles. The van der Waals surface area contributed by atoms with Gasteiger partial charge in [-0.15, -0.1) is 0 Å². The number of nitrogens with one attached hydrogen (secondary N) is 1. The third kappa shape index (κ3) is 1.04. The second kappa shape index (κ2) is 3.19. The number of hydrogen-bond acceptors (Lipinski definition) is 3. The Balaban J connectivity index is 2.56. The highest BCUT2D eigenvalue weighted by atomic mass is 16.1. The number of aromatic amines is 1. The molecule has 1 N–H and O–H groups in total. The van der Waals surface area contributed by atoms with Crippen molar-refractivity contribution in [3.05, 3.63) is 29.1 Å². The molecule has 3 aromatic rings. The van der Waals surface area contributed by atoms with E-state index >= 15 is 0 Å². The molecule has 0 aliphatic rings. The largest absolute Gasteiger partial charge is 0.339 e. The first-order valence-corrected chi connectivity index (χ1v) is 5.22. The fourth-order valence-electron chi connectivity index (χ4n) is 1.94. The first-order chi connectivity index (χ1) is 7.83. The summed E-state index contributed by atoms with van der Waals surface area (Å²) in [5.41, 5.74) is 1.09. The SMILES string of the molecule is CCCn1c(=O)c2[nH]cnc2n2ccnc12. The van der Waals surface area contributed by atoms with E-state index in [0.717, 1.165) is 6.42 Å². The topological polar surface area (TPSA) is 68.0 Å². The maximum Gasteiger partial charge on any atom is 0.280 e. The normalized spacial score (nSPS) is 11.6. The monoisotopic (exact) mass is 217 g/mol. The van der Waals surface area contributed by atoms with Gasteiger partial charge < -0.3 is 4.98 Å². The zero-order valence-corrected chi connectivity index (χ0v) is 8.84. The van der Waals surface area contributed by atoms with Gasteiger partial charge in [0.25, 0.3) is 5.56 Å². The standard InChI is InChI=1S/C10H11N5O/c1-2-4-15-9(16)7-8(13-6-12-7)14-5-3-11-10(14)15/h3,5-6H,2,4H2,1H3,(H,12,13). The first kappa shape index (κ1) is 9.14. The summed E-state index contributed by atoms with van der Waals surface area (Å²) >= 11 is 0. The van der Waals surface area contributed by atoms with Crippen LogP contribution in [0.25, 0.3) is 16.9 Å². The van der Waals surface area contributed by atoms with Crippen LogP contribution < -0.4 is 5.56 Å². The van der Waals surface area contributed by atoms with E-state index < -0.39 is 0 Å². The number of hydrogen-bond donors (Lipinski definition) is 1. The highest BCUT2D eigenvalue weighted by Crippen LogP contribution is 2.08. The molecule has 0 saturated heterocycles. The van der Waals surface area contributed by atoms with Crippen LogP contribution in [-0.4, -0.2) is 23.9 Å². The molecule has 0 fully saturated rings. The average molecular weight is 217 g/mol. The average Bonchev–Trinajstić information content (AvgIpc) is 2.90.